The third-order valence-corrected chi connectivity index (χ3v) is 4.58. The first kappa shape index (κ1) is 20.5. The standard InChI is InChI=1S/C11H9N3O4.C10H7N3O/c1-18-11(15)9-5-3-7-13(9)10-8(14(16)17)4-2-6-12-10;14-10-8-4-2-6-13(8)9-7(12-10)3-1-5-11-9/h2-7H,1H3;1-6H,(H,12,14). The van der Waals surface area contributed by atoms with Crippen LogP contribution >= 0.6 is 0 Å². The molecule has 0 saturated carbocycles. The van der Waals surface area contributed by atoms with Gasteiger partial charge in [-0.25, -0.2) is 14.8 Å². The molecule has 1 N–H and O–H groups in total. The summed E-state index contributed by atoms with van der Waals surface area (Å²) >= 11 is 0. The molecule has 5 aromatic rings. The van der Waals surface area contributed by atoms with Gasteiger partial charge in [0.1, 0.15) is 11.2 Å². The number of rotatable bonds is 3. The first-order chi connectivity index (χ1) is 15.5. The van der Waals surface area contributed by atoms with E-state index < -0.39 is 10.9 Å². The Morgan fingerprint density at radius 3 is 2.59 bits per heavy atom. The number of carbonyl (C=O) groups is 1. The maximum Gasteiger partial charge on any atom is 0.355 e. The van der Waals surface area contributed by atoms with Crippen LogP contribution in [0.3, 0.4) is 0 Å². The average Bonchev–Trinajstić information content (AvgIpc) is 3.49. The molecule has 11 nitrogen and oxygen atoms in total. The van der Waals surface area contributed by atoms with E-state index in [-0.39, 0.29) is 22.8 Å². The predicted molar refractivity (Wildman–Crippen MR) is 115 cm³/mol. The summed E-state index contributed by atoms with van der Waals surface area (Å²) in [5, 5.41) is 10.9. The van der Waals surface area contributed by atoms with E-state index in [1.165, 1.54) is 42.3 Å². The van der Waals surface area contributed by atoms with Crippen molar-refractivity contribution in [2.75, 3.05) is 7.11 Å². The van der Waals surface area contributed by atoms with Gasteiger partial charge >= 0.3 is 11.7 Å². The number of nitro groups is 1. The Morgan fingerprint density at radius 1 is 1.06 bits per heavy atom. The molecule has 0 spiro atoms. The SMILES string of the molecule is COC(=O)c1cccn1-c1ncccc1[N+](=O)[O-].O=c1[nH]c2cccnc2n2cccc12. The normalized spacial score (nSPS) is 10.5. The summed E-state index contributed by atoms with van der Waals surface area (Å²) in [4.78, 5) is 44.3. The van der Waals surface area contributed by atoms with Gasteiger partial charge in [0.05, 0.1) is 17.5 Å². The fourth-order valence-electron chi connectivity index (χ4n) is 3.18. The van der Waals surface area contributed by atoms with Crippen LogP contribution in [0.1, 0.15) is 10.5 Å². The van der Waals surface area contributed by atoms with Crippen LogP contribution in [0.25, 0.3) is 22.5 Å². The van der Waals surface area contributed by atoms with Gasteiger partial charge in [0.25, 0.3) is 5.56 Å². The Balaban J connectivity index is 0.000000157. The number of aromatic nitrogens is 5. The van der Waals surface area contributed by atoms with Crippen molar-refractivity contribution in [2.24, 2.45) is 0 Å². The molecule has 0 bridgehead atoms. The number of methoxy groups -OCH3 is 1. The zero-order valence-corrected chi connectivity index (χ0v) is 16.7. The molecule has 0 aromatic carbocycles. The van der Waals surface area contributed by atoms with Crippen LogP contribution in [0.2, 0.25) is 0 Å². The Hall–Kier alpha value is -4.80. The highest BCUT2D eigenvalue weighted by Crippen LogP contribution is 2.21. The van der Waals surface area contributed by atoms with Crippen molar-refractivity contribution in [3.05, 3.63) is 99.5 Å². The highest BCUT2D eigenvalue weighted by atomic mass is 16.6. The van der Waals surface area contributed by atoms with Crippen LogP contribution in [-0.2, 0) is 4.74 Å². The van der Waals surface area contributed by atoms with Gasteiger partial charge in [0, 0.05) is 30.9 Å². The van der Waals surface area contributed by atoms with Crippen LogP contribution in [0.5, 0.6) is 0 Å². The molecule has 0 aliphatic rings. The molecular formula is C21H16N6O5. The number of pyridine rings is 2. The number of ether oxygens (including phenoxy) is 1. The molecule has 0 saturated heterocycles. The lowest BCUT2D eigenvalue weighted by molar-refractivity contribution is -0.384. The molecule has 0 aliphatic heterocycles. The van der Waals surface area contributed by atoms with Gasteiger partial charge in [-0.15, -0.1) is 0 Å². The Bertz CT molecular complexity index is 1500. The summed E-state index contributed by atoms with van der Waals surface area (Å²) in [5.74, 6) is -0.507. The topological polar surface area (TPSA) is 137 Å². The highest BCUT2D eigenvalue weighted by molar-refractivity contribution is 5.88. The Labute approximate surface area is 179 Å². The number of hydrogen-bond donors (Lipinski definition) is 1. The molecule has 0 amide bonds. The van der Waals surface area contributed by atoms with Gasteiger partial charge < -0.3 is 9.72 Å². The number of esters is 1. The zero-order chi connectivity index (χ0) is 22.7. The molecule has 5 rings (SSSR count). The largest absolute Gasteiger partial charge is 0.464 e. The number of nitrogens with zero attached hydrogens (tertiary/aromatic N) is 5. The second-order valence-electron chi connectivity index (χ2n) is 6.45. The number of carbonyl (C=O) groups excluding carboxylic acids is 1. The molecule has 0 unspecified atom stereocenters. The molecule has 5 heterocycles. The van der Waals surface area contributed by atoms with Gasteiger partial charge in [-0.3, -0.25) is 23.9 Å². The molecule has 0 radical (unpaired) electrons. The Kier molecular flexibility index (Phi) is 5.45. The van der Waals surface area contributed by atoms with E-state index in [9.17, 15) is 19.7 Å². The number of nitrogens with one attached hydrogen (secondary N) is 1. The summed E-state index contributed by atoms with van der Waals surface area (Å²) in [7, 11) is 1.24. The lowest BCUT2D eigenvalue weighted by atomic mass is 10.3. The molecule has 160 valence electrons. The van der Waals surface area contributed by atoms with Gasteiger partial charge in [0.2, 0.25) is 5.82 Å². The minimum atomic E-state index is -0.583. The fourth-order valence-corrected chi connectivity index (χ4v) is 3.18. The summed E-state index contributed by atoms with van der Waals surface area (Å²) in [6.45, 7) is 0. The smallest absolute Gasteiger partial charge is 0.355 e. The van der Waals surface area contributed by atoms with Gasteiger partial charge in [-0.1, -0.05) is 0 Å². The lowest BCUT2D eigenvalue weighted by Crippen LogP contribution is -2.11. The van der Waals surface area contributed by atoms with Crippen molar-refractivity contribution < 1.29 is 14.5 Å². The molecular weight excluding hydrogens is 416 g/mol. The highest BCUT2D eigenvalue weighted by Gasteiger charge is 2.20. The lowest BCUT2D eigenvalue weighted by Gasteiger charge is -2.06. The fraction of sp³-hybridized carbons (Fsp3) is 0.0476. The summed E-state index contributed by atoms with van der Waals surface area (Å²) in [6.07, 6.45) is 6.48. The van der Waals surface area contributed by atoms with Crippen molar-refractivity contribution in [3.8, 4) is 5.82 Å². The molecule has 0 atom stereocenters. The second kappa shape index (κ2) is 8.52. The first-order valence-corrected chi connectivity index (χ1v) is 9.31. The molecule has 11 heteroatoms. The van der Waals surface area contributed by atoms with Crippen LogP contribution in [0.4, 0.5) is 5.69 Å². The molecule has 5 aromatic heterocycles. The van der Waals surface area contributed by atoms with Crippen molar-refractivity contribution in [1.29, 1.82) is 0 Å². The Morgan fingerprint density at radius 2 is 1.81 bits per heavy atom. The predicted octanol–water partition coefficient (Wildman–Crippen LogP) is 2.74. The van der Waals surface area contributed by atoms with E-state index >= 15 is 0 Å². The number of fused-ring (bicyclic) bond motifs is 3. The van der Waals surface area contributed by atoms with E-state index in [2.05, 4.69) is 19.7 Å². The minimum absolute atomic E-state index is 0.0768. The van der Waals surface area contributed by atoms with E-state index in [0.29, 0.717) is 5.52 Å². The van der Waals surface area contributed by atoms with Crippen molar-refractivity contribution >= 4 is 28.3 Å². The van der Waals surface area contributed by atoms with Gasteiger partial charge in [-0.05, 0) is 42.5 Å². The summed E-state index contributed by atoms with van der Waals surface area (Å²) in [5.41, 5.74) is 2.05. The van der Waals surface area contributed by atoms with Gasteiger partial charge in [0.15, 0.2) is 5.65 Å². The minimum Gasteiger partial charge on any atom is -0.464 e. The number of aromatic amines is 1. The molecule has 32 heavy (non-hydrogen) atoms. The third kappa shape index (κ3) is 3.69. The number of hydrogen-bond acceptors (Lipinski definition) is 7. The molecule has 0 fully saturated rings. The van der Waals surface area contributed by atoms with Crippen LogP contribution in [0.15, 0.2) is 78.1 Å². The van der Waals surface area contributed by atoms with E-state index in [1.807, 2.05) is 18.3 Å². The van der Waals surface area contributed by atoms with Gasteiger partial charge in [-0.2, -0.15) is 0 Å². The zero-order valence-electron chi connectivity index (χ0n) is 16.7. The first-order valence-electron chi connectivity index (χ1n) is 9.31. The quantitative estimate of drug-likeness (QED) is 0.263. The number of H-pyrrole nitrogens is 1. The van der Waals surface area contributed by atoms with Crippen molar-refractivity contribution in [2.45, 2.75) is 0 Å². The summed E-state index contributed by atoms with van der Waals surface area (Å²) < 4.78 is 7.71. The third-order valence-electron chi connectivity index (χ3n) is 4.58. The van der Waals surface area contributed by atoms with E-state index in [4.69, 9.17) is 0 Å². The maximum absolute atomic E-state index is 11.5. The van der Waals surface area contributed by atoms with Crippen LogP contribution in [0, 0.1) is 10.1 Å². The summed E-state index contributed by atoms with van der Waals surface area (Å²) in [6, 6.07) is 13.1. The average molecular weight is 432 g/mol. The maximum atomic E-state index is 11.5. The van der Waals surface area contributed by atoms with Crippen LogP contribution < -0.4 is 5.56 Å². The second-order valence-corrected chi connectivity index (χ2v) is 6.45. The van der Waals surface area contributed by atoms with Crippen molar-refractivity contribution in [3.63, 3.8) is 0 Å². The van der Waals surface area contributed by atoms with Crippen molar-refractivity contribution in [1.82, 2.24) is 23.9 Å². The molecule has 0 aliphatic carbocycles. The van der Waals surface area contributed by atoms with Crippen LogP contribution in [-0.4, -0.2) is 41.9 Å². The van der Waals surface area contributed by atoms with E-state index in [1.54, 1.807) is 28.8 Å². The van der Waals surface area contributed by atoms with E-state index in [0.717, 1.165) is 11.2 Å². The monoisotopic (exact) mass is 432 g/mol.